The van der Waals surface area contributed by atoms with Gasteiger partial charge < -0.3 is 4.43 Å². The van der Waals surface area contributed by atoms with Crippen molar-refractivity contribution < 1.29 is 4.43 Å². The summed E-state index contributed by atoms with van der Waals surface area (Å²) in [6.45, 7) is 16.6. The molecule has 0 saturated carbocycles. The molecule has 0 aliphatic carbocycles. The zero-order valence-corrected chi connectivity index (χ0v) is 11.8. The van der Waals surface area contributed by atoms with E-state index in [9.17, 15) is 0 Å². The summed E-state index contributed by atoms with van der Waals surface area (Å²) in [6.07, 6.45) is 4.30. The zero-order valence-electron chi connectivity index (χ0n) is 10.8. The average molecular weight is 214 g/mol. The van der Waals surface area contributed by atoms with Crippen molar-refractivity contribution in [2.24, 2.45) is 5.92 Å². The van der Waals surface area contributed by atoms with Crippen LogP contribution in [0, 0.1) is 5.92 Å². The van der Waals surface area contributed by atoms with Crippen LogP contribution < -0.4 is 0 Å². The van der Waals surface area contributed by atoms with E-state index in [-0.39, 0.29) is 0 Å². The first-order valence-electron chi connectivity index (χ1n) is 5.47. The van der Waals surface area contributed by atoms with Gasteiger partial charge in [0.05, 0.1) is 0 Å². The van der Waals surface area contributed by atoms with E-state index in [0.717, 1.165) is 6.61 Å². The Bertz CT molecular complexity index is 189. The lowest BCUT2D eigenvalue weighted by molar-refractivity contribution is 0.259. The van der Waals surface area contributed by atoms with Crippen molar-refractivity contribution >= 4 is 8.32 Å². The van der Waals surface area contributed by atoms with Gasteiger partial charge in [0.15, 0.2) is 8.32 Å². The number of hydrogen-bond acceptors (Lipinski definition) is 1. The number of allylic oxidation sites excluding steroid dienone is 1. The first kappa shape index (κ1) is 13.9. The highest BCUT2D eigenvalue weighted by atomic mass is 28.4. The van der Waals surface area contributed by atoms with Gasteiger partial charge in [-0.15, -0.1) is 0 Å². The van der Waals surface area contributed by atoms with Gasteiger partial charge in [-0.2, -0.15) is 0 Å². The summed E-state index contributed by atoms with van der Waals surface area (Å²) in [6, 6.07) is 0. The molecule has 0 aromatic carbocycles. The van der Waals surface area contributed by atoms with Gasteiger partial charge in [-0.1, -0.05) is 39.8 Å². The summed E-state index contributed by atoms with van der Waals surface area (Å²) in [5.74, 6) is 0.536. The van der Waals surface area contributed by atoms with Crippen LogP contribution in [0.5, 0.6) is 0 Å². The Morgan fingerprint density at radius 2 is 1.79 bits per heavy atom. The second-order valence-electron chi connectivity index (χ2n) is 5.57. The second kappa shape index (κ2) is 5.13. The van der Waals surface area contributed by atoms with E-state index >= 15 is 0 Å². The Balaban J connectivity index is 4.12. The third-order valence-electron chi connectivity index (χ3n) is 3.03. The van der Waals surface area contributed by atoms with E-state index in [1.165, 1.54) is 0 Å². The van der Waals surface area contributed by atoms with Gasteiger partial charge in [0, 0.05) is 6.61 Å². The van der Waals surface area contributed by atoms with E-state index in [1.807, 2.05) is 0 Å². The molecule has 0 spiro atoms. The van der Waals surface area contributed by atoms with E-state index < -0.39 is 8.32 Å². The summed E-state index contributed by atoms with van der Waals surface area (Å²) in [5.41, 5.74) is 0. The largest absolute Gasteiger partial charge is 0.416 e. The fourth-order valence-corrected chi connectivity index (χ4v) is 2.05. The number of hydrogen-bond donors (Lipinski definition) is 0. The fourth-order valence-electron chi connectivity index (χ4n) is 0.940. The Morgan fingerprint density at radius 3 is 2.14 bits per heavy atom. The van der Waals surface area contributed by atoms with E-state index in [1.54, 1.807) is 0 Å². The van der Waals surface area contributed by atoms with Crippen LogP contribution in [0.25, 0.3) is 0 Å². The van der Waals surface area contributed by atoms with Crippen LogP contribution in [-0.2, 0) is 4.43 Å². The summed E-state index contributed by atoms with van der Waals surface area (Å²) in [5, 5.41) is 0.322. The molecule has 0 fully saturated rings. The lowest BCUT2D eigenvalue weighted by Crippen LogP contribution is -2.41. The van der Waals surface area contributed by atoms with Crippen LogP contribution in [0.3, 0.4) is 0 Å². The Kier molecular flexibility index (Phi) is 5.10. The maximum atomic E-state index is 6.10. The first-order valence-corrected chi connectivity index (χ1v) is 8.38. The van der Waals surface area contributed by atoms with Crippen LogP contribution >= 0.6 is 0 Å². The molecule has 0 aromatic heterocycles. The molecule has 0 rings (SSSR count). The van der Waals surface area contributed by atoms with Crippen molar-refractivity contribution in [1.82, 2.24) is 0 Å². The lowest BCUT2D eigenvalue weighted by Gasteiger charge is -2.36. The molecule has 0 aliphatic rings. The number of rotatable bonds is 4. The molecule has 1 nitrogen and oxygen atoms in total. The lowest BCUT2D eigenvalue weighted by atomic mass is 10.2. The van der Waals surface area contributed by atoms with E-state index in [2.05, 4.69) is 59.9 Å². The van der Waals surface area contributed by atoms with Crippen LogP contribution in [0.2, 0.25) is 18.1 Å². The van der Waals surface area contributed by atoms with Crippen molar-refractivity contribution in [3.8, 4) is 0 Å². The molecule has 0 radical (unpaired) electrons. The van der Waals surface area contributed by atoms with Crippen molar-refractivity contribution in [3.05, 3.63) is 12.2 Å². The van der Waals surface area contributed by atoms with Crippen LogP contribution in [-0.4, -0.2) is 14.9 Å². The van der Waals surface area contributed by atoms with E-state index in [0.29, 0.717) is 11.0 Å². The molecule has 1 atom stereocenters. The maximum Gasteiger partial charge on any atom is 0.192 e. The van der Waals surface area contributed by atoms with Crippen molar-refractivity contribution in [3.63, 3.8) is 0 Å². The predicted molar refractivity (Wildman–Crippen MR) is 67.1 cm³/mol. The molecule has 0 saturated heterocycles. The average Bonchev–Trinajstić information content (AvgIpc) is 1.99. The normalized spacial score (nSPS) is 16.2. The highest BCUT2D eigenvalue weighted by molar-refractivity contribution is 6.74. The monoisotopic (exact) mass is 214 g/mol. The molecule has 0 bridgehead atoms. The molecular weight excluding hydrogens is 188 g/mol. The summed E-state index contributed by atoms with van der Waals surface area (Å²) < 4.78 is 6.10. The minimum atomic E-state index is -1.53. The molecule has 14 heavy (non-hydrogen) atoms. The van der Waals surface area contributed by atoms with Gasteiger partial charge in [0.2, 0.25) is 0 Å². The molecule has 0 aromatic rings. The molecule has 0 heterocycles. The topological polar surface area (TPSA) is 9.23 Å². The quantitative estimate of drug-likeness (QED) is 0.503. The zero-order chi connectivity index (χ0) is 11.4. The molecular formula is C12H26OSi. The van der Waals surface area contributed by atoms with Crippen LogP contribution in [0.4, 0.5) is 0 Å². The molecule has 2 heteroatoms. The van der Waals surface area contributed by atoms with Gasteiger partial charge in [0.25, 0.3) is 0 Å². The SMILES string of the molecule is C/C=C/C(C)CO[Si](C)(C)C(C)(C)C. The van der Waals surface area contributed by atoms with Gasteiger partial charge in [-0.25, -0.2) is 0 Å². The standard InChI is InChI=1S/C12H26OSi/c1-8-9-11(2)10-13-14(6,7)12(3,4)5/h8-9,11H,10H2,1-7H3/b9-8+. The van der Waals surface area contributed by atoms with Crippen molar-refractivity contribution in [1.29, 1.82) is 0 Å². The predicted octanol–water partition coefficient (Wildman–Crippen LogP) is 4.22. The van der Waals surface area contributed by atoms with Gasteiger partial charge in [-0.05, 0) is 31.0 Å². The van der Waals surface area contributed by atoms with E-state index in [4.69, 9.17) is 4.43 Å². The van der Waals surface area contributed by atoms with Gasteiger partial charge >= 0.3 is 0 Å². The minimum Gasteiger partial charge on any atom is -0.416 e. The molecule has 0 aliphatic heterocycles. The first-order chi connectivity index (χ1) is 6.20. The highest BCUT2D eigenvalue weighted by Gasteiger charge is 2.37. The Hall–Kier alpha value is -0.0831. The van der Waals surface area contributed by atoms with Crippen LogP contribution in [0.1, 0.15) is 34.6 Å². The Labute approximate surface area is 90.7 Å². The second-order valence-corrected chi connectivity index (χ2v) is 10.4. The molecule has 0 N–H and O–H groups in total. The van der Waals surface area contributed by atoms with Crippen LogP contribution in [0.15, 0.2) is 12.2 Å². The fraction of sp³-hybridized carbons (Fsp3) is 0.833. The molecule has 1 unspecified atom stereocenters. The third kappa shape index (κ3) is 4.42. The summed E-state index contributed by atoms with van der Waals surface area (Å²) in [7, 11) is -1.53. The van der Waals surface area contributed by atoms with Crippen molar-refractivity contribution in [2.45, 2.75) is 52.8 Å². The summed E-state index contributed by atoms with van der Waals surface area (Å²) in [4.78, 5) is 0. The van der Waals surface area contributed by atoms with Gasteiger partial charge in [-0.3, -0.25) is 0 Å². The smallest absolute Gasteiger partial charge is 0.192 e. The highest BCUT2D eigenvalue weighted by Crippen LogP contribution is 2.36. The Morgan fingerprint density at radius 1 is 1.29 bits per heavy atom. The minimum absolute atomic E-state index is 0.322. The summed E-state index contributed by atoms with van der Waals surface area (Å²) >= 11 is 0. The van der Waals surface area contributed by atoms with Gasteiger partial charge in [0.1, 0.15) is 0 Å². The van der Waals surface area contributed by atoms with Crippen molar-refractivity contribution in [2.75, 3.05) is 6.61 Å². The third-order valence-corrected chi connectivity index (χ3v) is 7.53. The molecule has 84 valence electrons. The molecule has 0 amide bonds. The maximum absolute atomic E-state index is 6.10.